The minimum Gasteiger partial charge on any atom is -0.375 e. The van der Waals surface area contributed by atoms with Gasteiger partial charge in [0.2, 0.25) is 5.91 Å². The number of rotatable bonds is 5. The molecule has 0 saturated carbocycles. The minimum atomic E-state index is -0.00474. The van der Waals surface area contributed by atoms with Gasteiger partial charge < -0.3 is 10.1 Å². The summed E-state index contributed by atoms with van der Waals surface area (Å²) in [4.78, 5) is 18.4. The number of aromatic nitrogens is 1. The molecule has 2 heterocycles. The summed E-state index contributed by atoms with van der Waals surface area (Å²) in [5.41, 5.74) is 0.870. The third-order valence-corrected chi connectivity index (χ3v) is 3.51. The molecule has 1 saturated heterocycles. The maximum Gasteiger partial charge on any atom is 0.222 e. The Morgan fingerprint density at radius 1 is 1.55 bits per heavy atom. The SMILES string of the molecule is CC(C)N1CCO[C@H](CC(=O)NCc2ccccn2)C1. The smallest absolute Gasteiger partial charge is 0.222 e. The molecule has 0 unspecified atom stereocenters. The number of hydrogen-bond donors (Lipinski definition) is 1. The van der Waals surface area contributed by atoms with Crippen molar-refractivity contribution in [3.63, 3.8) is 0 Å². The molecule has 0 bridgehead atoms. The Morgan fingerprint density at radius 3 is 3.10 bits per heavy atom. The number of nitrogens with zero attached hydrogens (tertiary/aromatic N) is 2. The Hall–Kier alpha value is -1.46. The summed E-state index contributed by atoms with van der Waals surface area (Å²) in [6.45, 7) is 7.29. The summed E-state index contributed by atoms with van der Waals surface area (Å²) in [5, 5.41) is 2.89. The molecule has 1 fully saturated rings. The van der Waals surface area contributed by atoms with Crippen molar-refractivity contribution in [2.75, 3.05) is 19.7 Å². The largest absolute Gasteiger partial charge is 0.375 e. The Balaban J connectivity index is 1.74. The fourth-order valence-electron chi connectivity index (χ4n) is 2.31. The first-order valence-electron chi connectivity index (χ1n) is 7.17. The normalized spacial score (nSPS) is 20.1. The second-order valence-corrected chi connectivity index (χ2v) is 5.38. The molecule has 5 heteroatoms. The zero-order chi connectivity index (χ0) is 14.4. The number of pyridine rings is 1. The molecule has 0 radical (unpaired) electrons. The van der Waals surface area contributed by atoms with Gasteiger partial charge in [-0.2, -0.15) is 0 Å². The van der Waals surface area contributed by atoms with Crippen molar-refractivity contribution in [3.05, 3.63) is 30.1 Å². The Kier molecular flexibility index (Phi) is 5.49. The highest BCUT2D eigenvalue weighted by molar-refractivity contribution is 5.76. The van der Waals surface area contributed by atoms with Crippen LogP contribution in [0.25, 0.3) is 0 Å². The van der Waals surface area contributed by atoms with Gasteiger partial charge in [-0.15, -0.1) is 0 Å². The third kappa shape index (κ3) is 4.58. The Morgan fingerprint density at radius 2 is 2.40 bits per heavy atom. The molecule has 0 spiro atoms. The van der Waals surface area contributed by atoms with E-state index >= 15 is 0 Å². The molecule has 2 rings (SSSR count). The van der Waals surface area contributed by atoms with Crippen molar-refractivity contribution in [2.45, 2.75) is 39.0 Å². The van der Waals surface area contributed by atoms with Gasteiger partial charge in [-0.05, 0) is 26.0 Å². The number of hydrogen-bond acceptors (Lipinski definition) is 4. The first kappa shape index (κ1) is 14.9. The van der Waals surface area contributed by atoms with Gasteiger partial charge in [-0.1, -0.05) is 6.07 Å². The lowest BCUT2D eigenvalue weighted by Crippen LogP contribution is -2.47. The second kappa shape index (κ2) is 7.36. The highest BCUT2D eigenvalue weighted by Crippen LogP contribution is 2.11. The number of morpholine rings is 1. The van der Waals surface area contributed by atoms with Crippen LogP contribution >= 0.6 is 0 Å². The van der Waals surface area contributed by atoms with Crippen molar-refractivity contribution in [2.24, 2.45) is 0 Å². The molecule has 0 aliphatic carbocycles. The fraction of sp³-hybridized carbons (Fsp3) is 0.600. The lowest BCUT2D eigenvalue weighted by molar-refractivity contribution is -0.126. The average Bonchev–Trinajstić information content (AvgIpc) is 2.46. The second-order valence-electron chi connectivity index (χ2n) is 5.38. The predicted octanol–water partition coefficient (Wildman–Crippen LogP) is 1.20. The summed E-state index contributed by atoms with van der Waals surface area (Å²) >= 11 is 0. The highest BCUT2D eigenvalue weighted by atomic mass is 16.5. The third-order valence-electron chi connectivity index (χ3n) is 3.51. The van der Waals surface area contributed by atoms with Gasteiger partial charge in [0.1, 0.15) is 0 Å². The van der Waals surface area contributed by atoms with Crippen molar-refractivity contribution in [3.8, 4) is 0 Å². The minimum absolute atomic E-state index is 0.00474. The number of nitrogens with one attached hydrogen (secondary N) is 1. The van der Waals surface area contributed by atoms with Crippen LogP contribution < -0.4 is 5.32 Å². The van der Waals surface area contributed by atoms with Crippen LogP contribution in [-0.4, -0.2) is 47.6 Å². The molecule has 5 nitrogen and oxygen atoms in total. The molecule has 1 aliphatic heterocycles. The van der Waals surface area contributed by atoms with Crippen LogP contribution in [-0.2, 0) is 16.1 Å². The van der Waals surface area contributed by atoms with Crippen molar-refractivity contribution < 1.29 is 9.53 Å². The van der Waals surface area contributed by atoms with Crippen molar-refractivity contribution in [1.29, 1.82) is 0 Å². The van der Waals surface area contributed by atoms with E-state index in [0.717, 1.165) is 18.8 Å². The number of amides is 1. The van der Waals surface area contributed by atoms with Crippen LogP contribution in [0.1, 0.15) is 26.0 Å². The topological polar surface area (TPSA) is 54.5 Å². The van der Waals surface area contributed by atoms with Gasteiger partial charge in [0.25, 0.3) is 0 Å². The number of carbonyl (C=O) groups is 1. The first-order chi connectivity index (χ1) is 9.65. The average molecular weight is 277 g/mol. The van der Waals surface area contributed by atoms with Gasteiger partial charge in [-0.3, -0.25) is 14.7 Å². The summed E-state index contributed by atoms with van der Waals surface area (Å²) in [7, 11) is 0. The van der Waals surface area contributed by atoms with E-state index in [2.05, 4.69) is 29.0 Å². The van der Waals surface area contributed by atoms with Crippen LogP contribution in [0.2, 0.25) is 0 Å². The summed E-state index contributed by atoms with van der Waals surface area (Å²) in [5.74, 6) is 0.0197. The standard InChI is InChI=1S/C15H23N3O2/c1-12(2)18-7-8-20-14(11-18)9-15(19)17-10-13-5-3-4-6-16-13/h3-6,12,14H,7-11H2,1-2H3,(H,17,19)/t14-/m1/s1. The van der Waals surface area contributed by atoms with E-state index in [9.17, 15) is 4.79 Å². The van der Waals surface area contributed by atoms with Gasteiger partial charge in [0.15, 0.2) is 0 Å². The lowest BCUT2D eigenvalue weighted by atomic mass is 10.1. The van der Waals surface area contributed by atoms with Crippen LogP contribution in [0, 0.1) is 0 Å². The van der Waals surface area contributed by atoms with E-state index in [4.69, 9.17) is 4.74 Å². The van der Waals surface area contributed by atoms with E-state index in [-0.39, 0.29) is 12.0 Å². The predicted molar refractivity (Wildman–Crippen MR) is 77.1 cm³/mol. The molecular weight excluding hydrogens is 254 g/mol. The van der Waals surface area contributed by atoms with Crippen molar-refractivity contribution in [1.82, 2.24) is 15.2 Å². The van der Waals surface area contributed by atoms with Gasteiger partial charge in [0.05, 0.1) is 31.4 Å². The van der Waals surface area contributed by atoms with Gasteiger partial charge >= 0.3 is 0 Å². The highest BCUT2D eigenvalue weighted by Gasteiger charge is 2.24. The summed E-state index contributed by atoms with van der Waals surface area (Å²) in [6.07, 6.45) is 2.14. The van der Waals surface area contributed by atoms with Gasteiger partial charge in [-0.25, -0.2) is 0 Å². The molecule has 20 heavy (non-hydrogen) atoms. The van der Waals surface area contributed by atoms with Crippen LogP contribution in [0.15, 0.2) is 24.4 Å². The molecule has 1 aliphatic rings. The molecule has 110 valence electrons. The van der Waals surface area contributed by atoms with E-state index in [1.54, 1.807) is 6.20 Å². The van der Waals surface area contributed by atoms with E-state index in [0.29, 0.717) is 25.6 Å². The van der Waals surface area contributed by atoms with Gasteiger partial charge in [0, 0.05) is 25.3 Å². The van der Waals surface area contributed by atoms with Crippen LogP contribution in [0.5, 0.6) is 0 Å². The molecular formula is C15H23N3O2. The Labute approximate surface area is 120 Å². The molecule has 1 N–H and O–H groups in total. The van der Waals surface area contributed by atoms with E-state index in [1.807, 2.05) is 18.2 Å². The molecule has 1 aromatic heterocycles. The quantitative estimate of drug-likeness (QED) is 0.878. The summed E-state index contributed by atoms with van der Waals surface area (Å²) in [6, 6.07) is 6.18. The molecule has 1 atom stereocenters. The molecule has 1 aromatic rings. The lowest BCUT2D eigenvalue weighted by Gasteiger charge is -2.35. The zero-order valence-corrected chi connectivity index (χ0v) is 12.2. The van der Waals surface area contributed by atoms with Crippen molar-refractivity contribution >= 4 is 5.91 Å². The number of carbonyl (C=O) groups excluding carboxylic acids is 1. The molecule has 1 amide bonds. The molecule has 0 aromatic carbocycles. The maximum atomic E-state index is 11.9. The van der Waals surface area contributed by atoms with E-state index in [1.165, 1.54) is 0 Å². The Bertz CT molecular complexity index is 422. The van der Waals surface area contributed by atoms with Crippen LogP contribution in [0.4, 0.5) is 0 Å². The number of ether oxygens (including phenoxy) is 1. The fourth-order valence-corrected chi connectivity index (χ4v) is 2.31. The van der Waals surface area contributed by atoms with E-state index < -0.39 is 0 Å². The summed E-state index contributed by atoms with van der Waals surface area (Å²) < 4.78 is 5.66. The maximum absolute atomic E-state index is 11.9. The van der Waals surface area contributed by atoms with Crippen LogP contribution in [0.3, 0.4) is 0 Å². The zero-order valence-electron chi connectivity index (χ0n) is 12.2. The monoisotopic (exact) mass is 277 g/mol. The first-order valence-corrected chi connectivity index (χ1v) is 7.17.